The first-order valence-electron chi connectivity index (χ1n) is 6.95. The van der Waals surface area contributed by atoms with Crippen LogP contribution in [0.1, 0.15) is 51.5 Å². The summed E-state index contributed by atoms with van der Waals surface area (Å²) in [7, 11) is 0. The minimum Gasteiger partial charge on any atom is -0.463 e. The van der Waals surface area contributed by atoms with Crippen molar-refractivity contribution in [2.45, 2.75) is 58.5 Å². The van der Waals surface area contributed by atoms with Gasteiger partial charge in [0.05, 0.1) is 6.10 Å². The van der Waals surface area contributed by atoms with Gasteiger partial charge in [0, 0.05) is 6.42 Å². The van der Waals surface area contributed by atoms with E-state index in [-0.39, 0.29) is 12.1 Å². The fourth-order valence-corrected chi connectivity index (χ4v) is 1.88. The molecule has 0 fully saturated rings. The van der Waals surface area contributed by atoms with Gasteiger partial charge in [-0.15, -0.1) is 0 Å². The van der Waals surface area contributed by atoms with E-state index in [1.54, 1.807) is 0 Å². The second-order valence-corrected chi connectivity index (χ2v) is 4.78. The number of aryl methyl sites for hydroxylation is 1. The molecule has 1 aromatic rings. The molecule has 0 spiro atoms. The SMILES string of the molecule is CCCCCC(=O)OC(C)CCc1ccccc1. The Labute approximate surface area is 110 Å². The number of ether oxygens (including phenoxy) is 1. The van der Waals surface area contributed by atoms with E-state index in [1.165, 1.54) is 5.56 Å². The van der Waals surface area contributed by atoms with Crippen molar-refractivity contribution < 1.29 is 9.53 Å². The summed E-state index contributed by atoms with van der Waals surface area (Å²) in [5.74, 6) is -0.0518. The van der Waals surface area contributed by atoms with Crippen LogP contribution in [0.25, 0.3) is 0 Å². The van der Waals surface area contributed by atoms with Crippen molar-refractivity contribution in [3.63, 3.8) is 0 Å². The number of rotatable bonds is 8. The van der Waals surface area contributed by atoms with E-state index >= 15 is 0 Å². The third-order valence-electron chi connectivity index (χ3n) is 3.00. The van der Waals surface area contributed by atoms with E-state index in [2.05, 4.69) is 19.1 Å². The summed E-state index contributed by atoms with van der Waals surface area (Å²) in [6.07, 6.45) is 5.61. The minimum absolute atomic E-state index is 0.0133. The van der Waals surface area contributed by atoms with Crippen LogP contribution in [-0.2, 0) is 16.0 Å². The normalized spacial score (nSPS) is 12.1. The van der Waals surface area contributed by atoms with Gasteiger partial charge in [0.15, 0.2) is 0 Å². The maximum Gasteiger partial charge on any atom is 0.306 e. The molecule has 2 heteroatoms. The number of unbranched alkanes of at least 4 members (excludes halogenated alkanes) is 2. The quantitative estimate of drug-likeness (QED) is 0.510. The average Bonchev–Trinajstić information content (AvgIpc) is 2.38. The van der Waals surface area contributed by atoms with Gasteiger partial charge >= 0.3 is 5.97 Å². The lowest BCUT2D eigenvalue weighted by molar-refractivity contribution is -0.148. The molecule has 2 nitrogen and oxygen atoms in total. The third-order valence-corrected chi connectivity index (χ3v) is 3.00. The van der Waals surface area contributed by atoms with Gasteiger partial charge < -0.3 is 4.74 Å². The highest BCUT2D eigenvalue weighted by Crippen LogP contribution is 2.09. The Kier molecular flexibility index (Phi) is 7.16. The number of hydrogen-bond acceptors (Lipinski definition) is 2. The van der Waals surface area contributed by atoms with Crippen LogP contribution < -0.4 is 0 Å². The molecule has 0 aliphatic heterocycles. The first-order valence-corrected chi connectivity index (χ1v) is 6.95. The smallest absolute Gasteiger partial charge is 0.306 e. The molecular weight excluding hydrogens is 224 g/mol. The van der Waals surface area contributed by atoms with Crippen LogP contribution in [-0.4, -0.2) is 12.1 Å². The van der Waals surface area contributed by atoms with Gasteiger partial charge in [-0.05, 0) is 31.7 Å². The van der Waals surface area contributed by atoms with Gasteiger partial charge in [0.1, 0.15) is 0 Å². The minimum atomic E-state index is -0.0518. The van der Waals surface area contributed by atoms with E-state index in [1.807, 2.05) is 25.1 Å². The molecule has 0 bridgehead atoms. The molecule has 0 saturated carbocycles. The van der Waals surface area contributed by atoms with Crippen LogP contribution in [0.2, 0.25) is 0 Å². The molecule has 1 rings (SSSR count). The van der Waals surface area contributed by atoms with Crippen molar-refractivity contribution in [1.29, 1.82) is 0 Å². The number of benzene rings is 1. The van der Waals surface area contributed by atoms with Crippen LogP contribution in [0.15, 0.2) is 30.3 Å². The molecule has 1 atom stereocenters. The fraction of sp³-hybridized carbons (Fsp3) is 0.562. The number of hydrogen-bond donors (Lipinski definition) is 0. The predicted octanol–water partition coefficient (Wildman–Crippen LogP) is 4.13. The molecule has 0 aliphatic carbocycles. The Morgan fingerprint density at radius 2 is 1.94 bits per heavy atom. The summed E-state index contributed by atoms with van der Waals surface area (Å²) in [5, 5.41) is 0. The molecule has 0 N–H and O–H groups in total. The standard InChI is InChI=1S/C16H24O2/c1-3-4-6-11-16(17)18-14(2)12-13-15-9-7-5-8-10-15/h5,7-10,14H,3-4,6,11-13H2,1-2H3. The van der Waals surface area contributed by atoms with Crippen molar-refractivity contribution in [1.82, 2.24) is 0 Å². The van der Waals surface area contributed by atoms with Crippen LogP contribution in [0, 0.1) is 0 Å². The maximum atomic E-state index is 11.5. The Bertz CT molecular complexity index is 332. The number of carbonyl (C=O) groups is 1. The van der Waals surface area contributed by atoms with Crippen LogP contribution in [0.5, 0.6) is 0 Å². The van der Waals surface area contributed by atoms with Gasteiger partial charge in [0.25, 0.3) is 0 Å². The molecule has 0 amide bonds. The number of carbonyl (C=O) groups excluding carboxylic acids is 1. The van der Waals surface area contributed by atoms with Crippen molar-refractivity contribution in [2.75, 3.05) is 0 Å². The Balaban J connectivity index is 2.17. The highest BCUT2D eigenvalue weighted by atomic mass is 16.5. The first kappa shape index (κ1) is 14.7. The van der Waals surface area contributed by atoms with Crippen molar-refractivity contribution >= 4 is 5.97 Å². The highest BCUT2D eigenvalue weighted by Gasteiger charge is 2.09. The van der Waals surface area contributed by atoms with Gasteiger partial charge in [0.2, 0.25) is 0 Å². The lowest BCUT2D eigenvalue weighted by atomic mass is 10.1. The molecule has 100 valence electrons. The van der Waals surface area contributed by atoms with E-state index in [0.717, 1.165) is 32.1 Å². The van der Waals surface area contributed by atoms with Gasteiger partial charge in [-0.1, -0.05) is 50.1 Å². The molecule has 0 aromatic heterocycles. The predicted molar refractivity (Wildman–Crippen MR) is 74.5 cm³/mol. The zero-order valence-electron chi connectivity index (χ0n) is 11.5. The van der Waals surface area contributed by atoms with Gasteiger partial charge in [-0.3, -0.25) is 4.79 Å². The molecule has 0 aliphatic rings. The van der Waals surface area contributed by atoms with Gasteiger partial charge in [-0.25, -0.2) is 0 Å². The van der Waals surface area contributed by atoms with Crippen molar-refractivity contribution in [3.05, 3.63) is 35.9 Å². The molecule has 0 radical (unpaired) electrons. The Hall–Kier alpha value is -1.31. The summed E-state index contributed by atoms with van der Waals surface area (Å²) < 4.78 is 5.38. The molecule has 18 heavy (non-hydrogen) atoms. The third kappa shape index (κ3) is 6.43. The summed E-state index contributed by atoms with van der Waals surface area (Å²) >= 11 is 0. The van der Waals surface area contributed by atoms with E-state index in [0.29, 0.717) is 6.42 Å². The van der Waals surface area contributed by atoms with Crippen LogP contribution >= 0.6 is 0 Å². The van der Waals surface area contributed by atoms with E-state index in [9.17, 15) is 4.79 Å². The average molecular weight is 248 g/mol. The zero-order chi connectivity index (χ0) is 13.2. The lowest BCUT2D eigenvalue weighted by Crippen LogP contribution is -2.15. The summed E-state index contributed by atoms with van der Waals surface area (Å²) in [6.45, 7) is 4.11. The fourth-order valence-electron chi connectivity index (χ4n) is 1.88. The molecule has 0 heterocycles. The van der Waals surface area contributed by atoms with Crippen molar-refractivity contribution in [3.8, 4) is 0 Å². The summed E-state index contributed by atoms with van der Waals surface area (Å²) in [6, 6.07) is 10.3. The van der Waals surface area contributed by atoms with Crippen molar-refractivity contribution in [2.24, 2.45) is 0 Å². The topological polar surface area (TPSA) is 26.3 Å². The van der Waals surface area contributed by atoms with E-state index in [4.69, 9.17) is 4.74 Å². The Morgan fingerprint density at radius 3 is 2.61 bits per heavy atom. The second kappa shape index (κ2) is 8.73. The molecular formula is C16H24O2. The lowest BCUT2D eigenvalue weighted by Gasteiger charge is -2.13. The summed E-state index contributed by atoms with van der Waals surface area (Å²) in [5.41, 5.74) is 1.30. The second-order valence-electron chi connectivity index (χ2n) is 4.78. The maximum absolute atomic E-state index is 11.5. The molecule has 1 unspecified atom stereocenters. The molecule has 0 saturated heterocycles. The Morgan fingerprint density at radius 1 is 1.22 bits per heavy atom. The molecule has 1 aromatic carbocycles. The highest BCUT2D eigenvalue weighted by molar-refractivity contribution is 5.69. The van der Waals surface area contributed by atoms with Gasteiger partial charge in [-0.2, -0.15) is 0 Å². The van der Waals surface area contributed by atoms with Crippen LogP contribution in [0.4, 0.5) is 0 Å². The number of esters is 1. The van der Waals surface area contributed by atoms with E-state index < -0.39 is 0 Å². The zero-order valence-corrected chi connectivity index (χ0v) is 11.5. The largest absolute Gasteiger partial charge is 0.463 e. The van der Waals surface area contributed by atoms with Crippen LogP contribution in [0.3, 0.4) is 0 Å². The summed E-state index contributed by atoms with van der Waals surface area (Å²) in [4.78, 5) is 11.5. The monoisotopic (exact) mass is 248 g/mol. The first-order chi connectivity index (χ1) is 8.72.